The lowest BCUT2D eigenvalue weighted by atomic mass is 9.96. The molecule has 1 amide bonds. The van der Waals surface area contributed by atoms with Crippen LogP contribution in [-0.4, -0.2) is 27.5 Å². The Hall–Kier alpha value is -3.54. The van der Waals surface area contributed by atoms with E-state index in [1.54, 1.807) is 24.4 Å². The summed E-state index contributed by atoms with van der Waals surface area (Å²) in [7, 11) is 0. The SMILES string of the molecule is NC(=O)c1cncc(C2=Cc3c(-c4ccccc4O)c[nH]c3NC2)c1. The highest BCUT2D eigenvalue weighted by Gasteiger charge is 2.19. The van der Waals surface area contributed by atoms with Crippen molar-refractivity contribution >= 4 is 23.4 Å². The lowest BCUT2D eigenvalue weighted by molar-refractivity contribution is 0.1000. The largest absolute Gasteiger partial charge is 0.507 e. The molecule has 0 bridgehead atoms. The minimum absolute atomic E-state index is 0.224. The number of rotatable bonds is 3. The number of aromatic amines is 1. The molecule has 4 rings (SSSR count). The number of carbonyl (C=O) groups is 1. The molecule has 0 fully saturated rings. The molecular formula is C19H16N4O2. The van der Waals surface area contributed by atoms with Crippen LogP contribution in [0, 0.1) is 0 Å². The number of para-hydroxylation sites is 1. The number of phenolic OH excluding ortho intramolecular Hbond substituents is 1. The first-order valence-electron chi connectivity index (χ1n) is 7.83. The number of phenols is 1. The van der Waals surface area contributed by atoms with E-state index in [-0.39, 0.29) is 5.75 Å². The van der Waals surface area contributed by atoms with Gasteiger partial charge in [0.2, 0.25) is 5.91 Å². The normalized spacial score (nSPS) is 12.9. The molecule has 0 unspecified atom stereocenters. The van der Waals surface area contributed by atoms with Crippen LogP contribution in [0.15, 0.2) is 48.9 Å². The Bertz CT molecular complexity index is 1000. The van der Waals surface area contributed by atoms with Gasteiger partial charge in [-0.25, -0.2) is 0 Å². The molecule has 0 saturated heterocycles. The van der Waals surface area contributed by atoms with Crippen molar-refractivity contribution in [3.63, 3.8) is 0 Å². The average molecular weight is 332 g/mol. The van der Waals surface area contributed by atoms with Gasteiger partial charge in [0.05, 0.1) is 5.56 Å². The zero-order valence-corrected chi connectivity index (χ0v) is 13.3. The van der Waals surface area contributed by atoms with Gasteiger partial charge in [-0.05, 0) is 29.3 Å². The number of primary amides is 1. The molecule has 0 saturated carbocycles. The molecule has 5 N–H and O–H groups in total. The lowest BCUT2D eigenvalue weighted by Crippen LogP contribution is -2.13. The maximum Gasteiger partial charge on any atom is 0.250 e. The van der Waals surface area contributed by atoms with Crippen molar-refractivity contribution in [2.24, 2.45) is 5.73 Å². The van der Waals surface area contributed by atoms with E-state index in [0.717, 1.165) is 33.6 Å². The predicted octanol–water partition coefficient (Wildman–Crippen LogP) is 2.85. The van der Waals surface area contributed by atoms with Crippen LogP contribution in [0.2, 0.25) is 0 Å². The Morgan fingerprint density at radius 3 is 2.84 bits per heavy atom. The number of amides is 1. The van der Waals surface area contributed by atoms with Crippen molar-refractivity contribution in [3.8, 4) is 16.9 Å². The van der Waals surface area contributed by atoms with Crippen molar-refractivity contribution in [2.45, 2.75) is 0 Å². The summed E-state index contributed by atoms with van der Waals surface area (Å²) in [5, 5.41) is 13.5. The summed E-state index contributed by atoms with van der Waals surface area (Å²) in [5.74, 6) is 0.610. The van der Waals surface area contributed by atoms with Gasteiger partial charge in [-0.1, -0.05) is 18.2 Å². The summed E-state index contributed by atoms with van der Waals surface area (Å²) in [4.78, 5) is 18.7. The van der Waals surface area contributed by atoms with Crippen molar-refractivity contribution in [3.05, 3.63) is 65.6 Å². The van der Waals surface area contributed by atoms with Gasteiger partial charge < -0.3 is 21.1 Å². The fraction of sp³-hybridized carbons (Fsp3) is 0.0526. The van der Waals surface area contributed by atoms with E-state index in [2.05, 4.69) is 15.3 Å². The summed E-state index contributed by atoms with van der Waals surface area (Å²) >= 11 is 0. The molecule has 1 aromatic carbocycles. The maximum atomic E-state index is 11.4. The molecular weight excluding hydrogens is 316 g/mol. The number of H-pyrrole nitrogens is 1. The summed E-state index contributed by atoms with van der Waals surface area (Å²) < 4.78 is 0. The van der Waals surface area contributed by atoms with Gasteiger partial charge in [0.1, 0.15) is 11.6 Å². The summed E-state index contributed by atoms with van der Waals surface area (Å²) in [5.41, 5.74) is 10.1. The van der Waals surface area contributed by atoms with Gasteiger partial charge in [-0.2, -0.15) is 0 Å². The second-order valence-corrected chi connectivity index (χ2v) is 5.86. The van der Waals surface area contributed by atoms with Crippen LogP contribution in [0.25, 0.3) is 22.8 Å². The number of carbonyl (C=O) groups excluding carboxylic acids is 1. The molecule has 25 heavy (non-hydrogen) atoms. The number of pyridine rings is 1. The molecule has 0 atom stereocenters. The van der Waals surface area contributed by atoms with E-state index in [4.69, 9.17) is 5.73 Å². The number of fused-ring (bicyclic) bond motifs is 1. The lowest BCUT2D eigenvalue weighted by Gasteiger charge is -2.17. The van der Waals surface area contributed by atoms with Gasteiger partial charge in [-0.15, -0.1) is 0 Å². The van der Waals surface area contributed by atoms with Crippen molar-refractivity contribution in [1.29, 1.82) is 0 Å². The first kappa shape index (κ1) is 15.0. The van der Waals surface area contributed by atoms with Crippen LogP contribution in [0.4, 0.5) is 5.82 Å². The molecule has 2 aromatic heterocycles. The third-order valence-corrected chi connectivity index (χ3v) is 4.28. The highest BCUT2D eigenvalue weighted by molar-refractivity contribution is 5.98. The minimum Gasteiger partial charge on any atom is -0.507 e. The molecule has 0 spiro atoms. The molecule has 0 aliphatic carbocycles. The average Bonchev–Trinajstić information content (AvgIpc) is 3.05. The van der Waals surface area contributed by atoms with Gasteiger partial charge >= 0.3 is 0 Å². The molecule has 3 heterocycles. The summed E-state index contributed by atoms with van der Waals surface area (Å²) in [6.07, 6.45) is 7.06. The number of nitrogens with zero attached hydrogens (tertiary/aromatic N) is 1. The molecule has 124 valence electrons. The number of hydrogen-bond donors (Lipinski definition) is 4. The number of benzene rings is 1. The highest BCUT2D eigenvalue weighted by atomic mass is 16.3. The van der Waals surface area contributed by atoms with Crippen LogP contribution in [0.3, 0.4) is 0 Å². The van der Waals surface area contributed by atoms with Crippen molar-refractivity contribution < 1.29 is 9.90 Å². The van der Waals surface area contributed by atoms with Crippen molar-refractivity contribution in [2.75, 3.05) is 11.9 Å². The number of anilines is 1. The van der Waals surface area contributed by atoms with Crippen LogP contribution in [0.5, 0.6) is 5.75 Å². The molecule has 3 aromatic rings. The fourth-order valence-corrected chi connectivity index (χ4v) is 3.00. The first-order chi connectivity index (χ1) is 12.1. The van der Waals surface area contributed by atoms with Gasteiger partial charge in [0, 0.05) is 41.8 Å². The molecule has 1 aliphatic rings. The third-order valence-electron chi connectivity index (χ3n) is 4.28. The number of nitrogens with two attached hydrogens (primary N) is 1. The Morgan fingerprint density at radius 2 is 2.04 bits per heavy atom. The Morgan fingerprint density at radius 1 is 1.20 bits per heavy atom. The second kappa shape index (κ2) is 5.83. The Labute approximate surface area is 144 Å². The zero-order valence-electron chi connectivity index (χ0n) is 13.3. The van der Waals surface area contributed by atoms with Crippen LogP contribution in [0.1, 0.15) is 21.5 Å². The summed E-state index contributed by atoms with van der Waals surface area (Å²) in [6, 6.07) is 8.94. The molecule has 1 aliphatic heterocycles. The number of aromatic nitrogens is 2. The fourth-order valence-electron chi connectivity index (χ4n) is 3.00. The zero-order chi connectivity index (χ0) is 17.4. The first-order valence-corrected chi connectivity index (χ1v) is 7.83. The predicted molar refractivity (Wildman–Crippen MR) is 97.0 cm³/mol. The topological polar surface area (TPSA) is 104 Å². The Balaban J connectivity index is 1.80. The smallest absolute Gasteiger partial charge is 0.250 e. The van der Waals surface area contributed by atoms with E-state index in [0.29, 0.717) is 12.1 Å². The Kier molecular flexibility index (Phi) is 3.50. The van der Waals surface area contributed by atoms with E-state index in [9.17, 15) is 9.90 Å². The molecule has 6 heteroatoms. The monoisotopic (exact) mass is 332 g/mol. The molecule has 0 radical (unpaired) electrons. The van der Waals surface area contributed by atoms with E-state index in [1.807, 2.05) is 24.4 Å². The van der Waals surface area contributed by atoms with Gasteiger partial charge in [-0.3, -0.25) is 9.78 Å². The highest BCUT2D eigenvalue weighted by Crippen LogP contribution is 2.38. The number of nitrogens with one attached hydrogen (secondary N) is 2. The van der Waals surface area contributed by atoms with E-state index >= 15 is 0 Å². The molecule has 6 nitrogen and oxygen atoms in total. The standard InChI is InChI=1S/C19H16N4O2/c20-18(25)13-5-11(7-21-8-13)12-6-15-16(10-23-19(15)22-9-12)14-3-1-2-4-17(14)24/h1-8,10,22-24H,9H2,(H2,20,25). The number of aromatic hydroxyl groups is 1. The van der Waals surface area contributed by atoms with E-state index in [1.165, 1.54) is 6.20 Å². The van der Waals surface area contributed by atoms with E-state index < -0.39 is 5.91 Å². The maximum absolute atomic E-state index is 11.4. The number of hydrogen-bond acceptors (Lipinski definition) is 4. The van der Waals surface area contributed by atoms with Crippen molar-refractivity contribution in [1.82, 2.24) is 9.97 Å². The minimum atomic E-state index is -0.504. The third kappa shape index (κ3) is 2.63. The van der Waals surface area contributed by atoms with Crippen LogP contribution >= 0.6 is 0 Å². The van der Waals surface area contributed by atoms with Gasteiger partial charge in [0.25, 0.3) is 0 Å². The van der Waals surface area contributed by atoms with Gasteiger partial charge in [0.15, 0.2) is 0 Å². The summed E-state index contributed by atoms with van der Waals surface area (Å²) in [6.45, 7) is 0.595. The van der Waals surface area contributed by atoms with Crippen LogP contribution in [-0.2, 0) is 0 Å². The second-order valence-electron chi connectivity index (χ2n) is 5.86. The quantitative estimate of drug-likeness (QED) is 0.592. The van der Waals surface area contributed by atoms with Crippen LogP contribution < -0.4 is 11.1 Å².